The predicted molar refractivity (Wildman–Crippen MR) is 94.4 cm³/mol. The topological polar surface area (TPSA) is 74.7 Å². The summed E-state index contributed by atoms with van der Waals surface area (Å²) in [6, 6.07) is 6.83. The fourth-order valence-corrected chi connectivity index (χ4v) is 3.16. The van der Waals surface area contributed by atoms with Gasteiger partial charge in [-0.1, -0.05) is 18.2 Å². The third kappa shape index (κ3) is 4.12. The molecule has 1 aliphatic heterocycles. The van der Waals surface area contributed by atoms with Crippen molar-refractivity contribution in [3.63, 3.8) is 0 Å². The number of ether oxygens (including phenoxy) is 1. The Morgan fingerprint density at radius 3 is 3.12 bits per heavy atom. The van der Waals surface area contributed by atoms with E-state index in [9.17, 15) is 9.90 Å². The minimum atomic E-state index is -0.526. The van der Waals surface area contributed by atoms with E-state index in [0.717, 1.165) is 35.5 Å². The summed E-state index contributed by atoms with van der Waals surface area (Å²) in [6.07, 6.45) is 2.48. The lowest BCUT2D eigenvalue weighted by molar-refractivity contribution is 0.169. The summed E-state index contributed by atoms with van der Waals surface area (Å²) in [6.45, 7) is 2.16. The average Bonchev–Trinajstić information content (AvgIpc) is 3.02. The van der Waals surface area contributed by atoms with Crippen LogP contribution in [0.15, 0.2) is 41.4 Å². The number of hydrogen-bond acceptors (Lipinski definition) is 6. The Morgan fingerprint density at radius 1 is 1.50 bits per heavy atom. The molecule has 0 aliphatic carbocycles. The van der Waals surface area contributed by atoms with E-state index in [2.05, 4.69) is 28.3 Å². The van der Waals surface area contributed by atoms with Crippen molar-refractivity contribution in [3.8, 4) is 16.2 Å². The second-order valence-corrected chi connectivity index (χ2v) is 6.51. The highest BCUT2D eigenvalue weighted by Crippen LogP contribution is 2.33. The number of hydrogen-bond donors (Lipinski definition) is 2. The number of nitrogens with zero attached hydrogens (tertiary/aromatic N) is 2. The molecule has 0 unspecified atom stereocenters. The summed E-state index contributed by atoms with van der Waals surface area (Å²) in [5.74, 6) is 0.608. The molecule has 2 heterocycles. The number of likely N-dealkylation sites (N-methyl/N-ethyl adjacent to an activating group) is 1. The van der Waals surface area contributed by atoms with Crippen molar-refractivity contribution in [1.29, 1.82) is 0 Å². The zero-order valence-electron chi connectivity index (χ0n) is 13.4. The summed E-state index contributed by atoms with van der Waals surface area (Å²) in [7, 11) is 2.06. The minimum absolute atomic E-state index is 0.170. The second kappa shape index (κ2) is 7.46. The number of aromatic nitrogens is 1. The maximum atomic E-state index is 12.0. The molecular formula is C17H19N3O3S. The third-order valence-corrected chi connectivity index (χ3v) is 4.67. The summed E-state index contributed by atoms with van der Waals surface area (Å²) in [4.78, 5) is 19.2. The van der Waals surface area contributed by atoms with Gasteiger partial charge in [-0.25, -0.2) is 9.78 Å². The number of carbonyl (C=O) groups excluding carboxylic acids is 1. The van der Waals surface area contributed by atoms with Gasteiger partial charge >= 0.3 is 6.09 Å². The molecule has 0 saturated carbocycles. The van der Waals surface area contributed by atoms with Crippen molar-refractivity contribution >= 4 is 23.2 Å². The lowest BCUT2D eigenvalue weighted by Crippen LogP contribution is -2.26. The van der Waals surface area contributed by atoms with E-state index < -0.39 is 6.09 Å². The van der Waals surface area contributed by atoms with E-state index in [0.29, 0.717) is 12.4 Å². The summed E-state index contributed by atoms with van der Waals surface area (Å²) >= 11 is 1.39. The van der Waals surface area contributed by atoms with Crippen molar-refractivity contribution in [1.82, 2.24) is 9.88 Å². The number of phenolic OH excluding ortho intramolecular Hbond substituents is 1. The van der Waals surface area contributed by atoms with Crippen LogP contribution in [0.1, 0.15) is 6.42 Å². The van der Waals surface area contributed by atoms with Gasteiger partial charge in [-0.3, -0.25) is 5.32 Å². The second-order valence-electron chi connectivity index (χ2n) is 5.66. The van der Waals surface area contributed by atoms with Gasteiger partial charge in [-0.05, 0) is 36.7 Å². The molecular weight excluding hydrogens is 326 g/mol. The molecule has 1 aromatic carbocycles. The molecule has 2 N–H and O–H groups in total. The van der Waals surface area contributed by atoms with E-state index in [1.165, 1.54) is 11.3 Å². The maximum Gasteiger partial charge on any atom is 0.413 e. The Balaban J connectivity index is 1.60. The lowest BCUT2D eigenvalue weighted by Gasteiger charge is -2.21. The third-order valence-electron chi connectivity index (χ3n) is 3.79. The van der Waals surface area contributed by atoms with Gasteiger partial charge in [0, 0.05) is 13.1 Å². The monoisotopic (exact) mass is 345 g/mol. The van der Waals surface area contributed by atoms with Crippen molar-refractivity contribution in [2.45, 2.75) is 6.42 Å². The van der Waals surface area contributed by atoms with Gasteiger partial charge in [-0.15, -0.1) is 11.3 Å². The molecule has 0 bridgehead atoms. The highest BCUT2D eigenvalue weighted by atomic mass is 32.1. The van der Waals surface area contributed by atoms with Gasteiger partial charge in [-0.2, -0.15) is 0 Å². The Hall–Kier alpha value is -2.38. The van der Waals surface area contributed by atoms with Crippen LogP contribution in [-0.4, -0.2) is 47.8 Å². The molecule has 0 atom stereocenters. The van der Waals surface area contributed by atoms with Crippen LogP contribution >= 0.6 is 11.3 Å². The molecule has 1 aliphatic rings. The zero-order chi connectivity index (χ0) is 16.9. The van der Waals surface area contributed by atoms with Gasteiger partial charge in [0.2, 0.25) is 0 Å². The normalized spacial score (nSPS) is 15.0. The number of nitrogens with one attached hydrogen (secondary N) is 1. The van der Waals surface area contributed by atoms with E-state index in [-0.39, 0.29) is 5.75 Å². The van der Waals surface area contributed by atoms with E-state index in [1.807, 2.05) is 6.07 Å². The first-order valence-electron chi connectivity index (χ1n) is 7.65. The van der Waals surface area contributed by atoms with Gasteiger partial charge in [0.05, 0.1) is 10.4 Å². The van der Waals surface area contributed by atoms with Crippen LogP contribution in [0.2, 0.25) is 0 Å². The summed E-state index contributed by atoms with van der Waals surface area (Å²) in [5, 5.41) is 12.3. The SMILES string of the molecule is CN1CC=C(COC(=O)Nc2ncsc2-c2cccc(O)c2)CC1. The number of aromatic hydroxyl groups is 1. The van der Waals surface area contributed by atoms with Crippen LogP contribution in [0.25, 0.3) is 10.4 Å². The van der Waals surface area contributed by atoms with Crippen molar-refractivity contribution in [3.05, 3.63) is 41.4 Å². The zero-order valence-corrected chi connectivity index (χ0v) is 14.2. The Labute approximate surface area is 144 Å². The molecule has 7 heteroatoms. The summed E-state index contributed by atoms with van der Waals surface area (Å²) < 4.78 is 5.28. The molecule has 6 nitrogen and oxygen atoms in total. The molecule has 24 heavy (non-hydrogen) atoms. The molecule has 126 valence electrons. The molecule has 3 rings (SSSR count). The highest BCUT2D eigenvalue weighted by molar-refractivity contribution is 7.13. The smallest absolute Gasteiger partial charge is 0.413 e. The van der Waals surface area contributed by atoms with Crippen LogP contribution in [-0.2, 0) is 4.74 Å². The molecule has 0 spiro atoms. The molecule has 2 aromatic rings. The van der Waals surface area contributed by atoms with Gasteiger partial charge in [0.15, 0.2) is 5.82 Å². The van der Waals surface area contributed by atoms with Crippen LogP contribution < -0.4 is 5.32 Å². The lowest BCUT2D eigenvalue weighted by atomic mass is 10.1. The maximum absolute atomic E-state index is 12.0. The Kier molecular flexibility index (Phi) is 5.12. The van der Waals surface area contributed by atoms with Gasteiger partial charge in [0.25, 0.3) is 0 Å². The Bertz CT molecular complexity index is 757. The van der Waals surface area contributed by atoms with Crippen LogP contribution in [0, 0.1) is 0 Å². The van der Waals surface area contributed by atoms with Crippen LogP contribution in [0.3, 0.4) is 0 Å². The van der Waals surface area contributed by atoms with Crippen molar-refractivity contribution in [2.24, 2.45) is 0 Å². The first-order valence-corrected chi connectivity index (χ1v) is 8.53. The first-order chi connectivity index (χ1) is 11.6. The van der Waals surface area contributed by atoms with Gasteiger partial charge in [0.1, 0.15) is 12.4 Å². The molecule has 1 aromatic heterocycles. The standard InChI is InChI=1S/C17H19N3O3S/c1-20-7-5-12(6-8-20)10-23-17(22)19-16-15(24-11-18-16)13-3-2-4-14(21)9-13/h2-5,9,11,21H,6-8,10H2,1H3,(H,19,22). The number of carbonyl (C=O) groups is 1. The number of rotatable bonds is 4. The molecule has 0 saturated heterocycles. The minimum Gasteiger partial charge on any atom is -0.508 e. The molecule has 1 amide bonds. The number of phenols is 1. The number of benzene rings is 1. The quantitative estimate of drug-likeness (QED) is 0.832. The number of anilines is 1. The highest BCUT2D eigenvalue weighted by Gasteiger charge is 2.14. The molecule has 0 radical (unpaired) electrons. The van der Waals surface area contributed by atoms with E-state index in [4.69, 9.17) is 4.74 Å². The fourth-order valence-electron chi connectivity index (χ4n) is 2.42. The number of thiazole rings is 1. The van der Waals surface area contributed by atoms with Gasteiger partial charge < -0.3 is 14.7 Å². The average molecular weight is 345 g/mol. The number of amides is 1. The summed E-state index contributed by atoms with van der Waals surface area (Å²) in [5.41, 5.74) is 3.58. The first kappa shape index (κ1) is 16.5. The van der Waals surface area contributed by atoms with E-state index >= 15 is 0 Å². The van der Waals surface area contributed by atoms with Crippen molar-refractivity contribution < 1.29 is 14.6 Å². The van der Waals surface area contributed by atoms with Crippen LogP contribution in [0.5, 0.6) is 5.75 Å². The van der Waals surface area contributed by atoms with Crippen molar-refractivity contribution in [2.75, 3.05) is 32.1 Å². The largest absolute Gasteiger partial charge is 0.508 e. The van der Waals surface area contributed by atoms with E-state index in [1.54, 1.807) is 23.7 Å². The fraction of sp³-hybridized carbons (Fsp3) is 0.294. The van der Waals surface area contributed by atoms with Crippen LogP contribution in [0.4, 0.5) is 10.6 Å². The molecule has 0 fully saturated rings. The Morgan fingerprint density at radius 2 is 2.38 bits per heavy atom. The predicted octanol–water partition coefficient (Wildman–Crippen LogP) is 3.33.